The third kappa shape index (κ3) is 7.01. The highest BCUT2D eigenvalue weighted by Gasteiger charge is 2.10. The topological polar surface area (TPSA) is 75.3 Å². The van der Waals surface area contributed by atoms with Gasteiger partial charge in [0.05, 0.1) is 12.6 Å². The van der Waals surface area contributed by atoms with Gasteiger partial charge in [-0.05, 0) is 19.4 Å². The maximum Gasteiger partial charge on any atom is 0.228 e. The van der Waals surface area contributed by atoms with Gasteiger partial charge in [0.1, 0.15) is 0 Å². The van der Waals surface area contributed by atoms with Crippen LogP contribution in [0.1, 0.15) is 56.9 Å². The lowest BCUT2D eigenvalue weighted by molar-refractivity contribution is 0.372. The number of nitrogens with zero attached hydrogens (tertiary/aromatic N) is 3. The zero-order valence-electron chi connectivity index (χ0n) is 15.3. The van der Waals surface area contributed by atoms with Crippen molar-refractivity contribution in [2.75, 3.05) is 13.1 Å². The fraction of sp³-hybridized carbons (Fsp3) is 0.500. The summed E-state index contributed by atoms with van der Waals surface area (Å²) in [6.45, 7) is 9.67. The van der Waals surface area contributed by atoms with Crippen LogP contribution in [0.3, 0.4) is 0 Å². The van der Waals surface area contributed by atoms with E-state index in [4.69, 9.17) is 4.52 Å². The molecular weight excluding hydrogens is 429 g/mol. The number of hydrogen-bond acceptors (Lipinski definition) is 4. The van der Waals surface area contributed by atoms with Gasteiger partial charge >= 0.3 is 0 Å². The Morgan fingerprint density at radius 2 is 1.92 bits per heavy atom. The molecule has 1 aromatic carbocycles. The summed E-state index contributed by atoms with van der Waals surface area (Å²) < 4.78 is 5.25. The van der Waals surface area contributed by atoms with Gasteiger partial charge in [-0.1, -0.05) is 49.3 Å². The van der Waals surface area contributed by atoms with Crippen molar-refractivity contribution in [3.05, 3.63) is 47.6 Å². The SMILES string of the molecule is CCNC(=NCCc1nc(C(C)C)no1)NC(C)c1ccccc1.I. The Kier molecular flexibility index (Phi) is 9.48. The fourth-order valence-corrected chi connectivity index (χ4v) is 2.22. The summed E-state index contributed by atoms with van der Waals surface area (Å²) in [5.74, 6) is 2.44. The molecule has 0 spiro atoms. The molecule has 1 atom stereocenters. The van der Waals surface area contributed by atoms with Crippen LogP contribution >= 0.6 is 24.0 Å². The first-order chi connectivity index (χ1) is 11.6. The van der Waals surface area contributed by atoms with E-state index in [2.05, 4.69) is 51.7 Å². The van der Waals surface area contributed by atoms with Crippen LogP contribution in [0, 0.1) is 0 Å². The van der Waals surface area contributed by atoms with Crippen molar-refractivity contribution in [2.45, 2.75) is 46.1 Å². The number of benzene rings is 1. The summed E-state index contributed by atoms with van der Waals surface area (Å²) in [5, 5.41) is 10.7. The van der Waals surface area contributed by atoms with Crippen LogP contribution in [0.5, 0.6) is 0 Å². The Labute approximate surface area is 166 Å². The predicted molar refractivity (Wildman–Crippen MR) is 111 cm³/mol. The van der Waals surface area contributed by atoms with E-state index in [-0.39, 0.29) is 35.9 Å². The van der Waals surface area contributed by atoms with E-state index in [0.29, 0.717) is 18.9 Å². The Hall–Kier alpha value is -1.64. The third-order valence-corrected chi connectivity index (χ3v) is 3.59. The van der Waals surface area contributed by atoms with Crippen molar-refractivity contribution >= 4 is 29.9 Å². The maximum absolute atomic E-state index is 5.25. The smallest absolute Gasteiger partial charge is 0.228 e. The second kappa shape index (κ2) is 11.1. The van der Waals surface area contributed by atoms with E-state index in [1.165, 1.54) is 5.56 Å². The van der Waals surface area contributed by atoms with Crippen LogP contribution in [0.15, 0.2) is 39.8 Å². The molecule has 6 nitrogen and oxygen atoms in total. The monoisotopic (exact) mass is 457 g/mol. The van der Waals surface area contributed by atoms with E-state index < -0.39 is 0 Å². The van der Waals surface area contributed by atoms with Gasteiger partial charge in [-0.2, -0.15) is 4.98 Å². The number of nitrogens with one attached hydrogen (secondary N) is 2. The molecule has 0 fully saturated rings. The molecule has 0 saturated carbocycles. The highest BCUT2D eigenvalue weighted by atomic mass is 127. The number of hydrogen-bond donors (Lipinski definition) is 2. The zero-order chi connectivity index (χ0) is 17.4. The van der Waals surface area contributed by atoms with E-state index in [1.807, 2.05) is 32.0 Å². The van der Waals surface area contributed by atoms with Crippen LogP contribution in [-0.4, -0.2) is 29.2 Å². The van der Waals surface area contributed by atoms with Crippen LogP contribution < -0.4 is 10.6 Å². The molecule has 0 amide bonds. The first-order valence-electron chi connectivity index (χ1n) is 8.52. The zero-order valence-corrected chi connectivity index (χ0v) is 17.7. The molecular formula is C18H28IN5O. The van der Waals surface area contributed by atoms with Gasteiger partial charge in [-0.15, -0.1) is 24.0 Å². The van der Waals surface area contributed by atoms with E-state index in [9.17, 15) is 0 Å². The molecule has 0 aliphatic carbocycles. The summed E-state index contributed by atoms with van der Waals surface area (Å²) in [4.78, 5) is 8.97. The molecule has 0 aliphatic rings. The van der Waals surface area contributed by atoms with Gasteiger partial charge in [0.25, 0.3) is 0 Å². The predicted octanol–water partition coefficient (Wildman–Crippen LogP) is 3.67. The molecule has 7 heteroatoms. The van der Waals surface area contributed by atoms with Crippen LogP contribution in [0.4, 0.5) is 0 Å². The van der Waals surface area contributed by atoms with Crippen LogP contribution in [-0.2, 0) is 6.42 Å². The van der Waals surface area contributed by atoms with Crippen LogP contribution in [0.2, 0.25) is 0 Å². The number of guanidine groups is 1. The summed E-state index contributed by atoms with van der Waals surface area (Å²) in [6.07, 6.45) is 0.635. The minimum absolute atomic E-state index is 0. The summed E-state index contributed by atoms with van der Waals surface area (Å²) in [6, 6.07) is 10.5. The molecule has 0 aliphatic heterocycles. The lowest BCUT2D eigenvalue weighted by atomic mass is 10.1. The van der Waals surface area contributed by atoms with E-state index in [0.717, 1.165) is 18.3 Å². The Bertz CT molecular complexity index is 642. The average molecular weight is 457 g/mol. The van der Waals surface area contributed by atoms with Crippen molar-refractivity contribution in [3.63, 3.8) is 0 Å². The number of halogens is 1. The van der Waals surface area contributed by atoms with Crippen molar-refractivity contribution in [1.29, 1.82) is 0 Å². The highest BCUT2D eigenvalue weighted by Crippen LogP contribution is 2.11. The van der Waals surface area contributed by atoms with Crippen molar-refractivity contribution in [2.24, 2.45) is 4.99 Å². The molecule has 138 valence electrons. The minimum atomic E-state index is 0. The second-order valence-electron chi connectivity index (χ2n) is 5.99. The first-order valence-corrected chi connectivity index (χ1v) is 8.52. The molecule has 2 N–H and O–H groups in total. The lowest BCUT2D eigenvalue weighted by Gasteiger charge is -2.18. The van der Waals surface area contributed by atoms with Crippen molar-refractivity contribution in [1.82, 2.24) is 20.8 Å². The van der Waals surface area contributed by atoms with Gasteiger partial charge in [0.15, 0.2) is 11.8 Å². The number of aliphatic imine (C=N–C) groups is 1. The molecule has 25 heavy (non-hydrogen) atoms. The van der Waals surface area contributed by atoms with Gasteiger partial charge in [0, 0.05) is 18.9 Å². The lowest BCUT2D eigenvalue weighted by Crippen LogP contribution is -2.38. The molecule has 2 aromatic rings. The third-order valence-electron chi connectivity index (χ3n) is 3.59. The Morgan fingerprint density at radius 3 is 2.52 bits per heavy atom. The van der Waals surface area contributed by atoms with Gasteiger partial charge in [-0.25, -0.2) is 0 Å². The maximum atomic E-state index is 5.25. The Balaban J connectivity index is 0.00000312. The quantitative estimate of drug-likeness (QED) is 0.377. The molecule has 0 radical (unpaired) electrons. The molecule has 2 rings (SSSR count). The highest BCUT2D eigenvalue weighted by molar-refractivity contribution is 14.0. The molecule has 0 bridgehead atoms. The van der Waals surface area contributed by atoms with Crippen LogP contribution in [0.25, 0.3) is 0 Å². The molecule has 1 aromatic heterocycles. The first kappa shape index (κ1) is 21.4. The number of rotatable bonds is 7. The standard InChI is InChI=1S/C18H27N5O.HI/c1-5-19-18(21-14(4)15-9-7-6-8-10-15)20-12-11-16-22-17(13(2)3)23-24-16;/h6-10,13-14H,5,11-12H2,1-4H3,(H2,19,20,21);1H. The van der Waals surface area contributed by atoms with E-state index in [1.54, 1.807) is 0 Å². The minimum Gasteiger partial charge on any atom is -0.357 e. The Morgan fingerprint density at radius 1 is 1.20 bits per heavy atom. The summed E-state index contributed by atoms with van der Waals surface area (Å²) >= 11 is 0. The van der Waals surface area contributed by atoms with Gasteiger partial charge < -0.3 is 15.2 Å². The largest absolute Gasteiger partial charge is 0.357 e. The summed E-state index contributed by atoms with van der Waals surface area (Å²) in [7, 11) is 0. The fourth-order valence-electron chi connectivity index (χ4n) is 2.22. The van der Waals surface area contributed by atoms with Gasteiger partial charge in [-0.3, -0.25) is 4.99 Å². The van der Waals surface area contributed by atoms with Crippen molar-refractivity contribution in [3.8, 4) is 0 Å². The van der Waals surface area contributed by atoms with Gasteiger partial charge in [0.2, 0.25) is 5.89 Å². The number of aromatic nitrogens is 2. The van der Waals surface area contributed by atoms with Crippen molar-refractivity contribution < 1.29 is 4.52 Å². The molecule has 1 heterocycles. The second-order valence-corrected chi connectivity index (χ2v) is 5.99. The van der Waals surface area contributed by atoms with E-state index >= 15 is 0 Å². The average Bonchev–Trinajstić information content (AvgIpc) is 3.05. The normalized spacial score (nSPS) is 12.6. The summed E-state index contributed by atoms with van der Waals surface area (Å²) in [5.41, 5.74) is 1.22. The molecule has 1 unspecified atom stereocenters. The molecule has 0 saturated heterocycles.